The van der Waals surface area contributed by atoms with E-state index in [4.69, 9.17) is 10.5 Å². The van der Waals surface area contributed by atoms with Crippen LogP contribution in [0.4, 0.5) is 4.79 Å². The summed E-state index contributed by atoms with van der Waals surface area (Å²) in [6.07, 6.45) is -0.520. The van der Waals surface area contributed by atoms with Gasteiger partial charge >= 0.3 is 6.09 Å². The fraction of sp³-hybridized carbons (Fsp3) is 0.462. The van der Waals surface area contributed by atoms with Gasteiger partial charge in [-0.25, -0.2) is 4.79 Å². The second-order valence-corrected chi connectivity index (χ2v) is 5.05. The third-order valence-electron chi connectivity index (χ3n) is 2.20. The number of carbonyl (C=O) groups excluding carboxylic acids is 1. The number of para-hydroxylation sites is 1. The fourth-order valence-corrected chi connectivity index (χ4v) is 1.42. The number of hydrogen-bond acceptors (Lipinski definition) is 4. The third-order valence-corrected chi connectivity index (χ3v) is 2.20. The highest BCUT2D eigenvalue weighted by Crippen LogP contribution is 2.21. The van der Waals surface area contributed by atoms with Crippen molar-refractivity contribution in [1.82, 2.24) is 5.32 Å². The molecule has 0 heterocycles. The van der Waals surface area contributed by atoms with Crippen LogP contribution in [0.25, 0.3) is 0 Å². The molecule has 0 aliphatic rings. The van der Waals surface area contributed by atoms with Gasteiger partial charge in [0.05, 0.1) is 6.04 Å². The average Bonchev–Trinajstić information content (AvgIpc) is 2.24. The second-order valence-electron chi connectivity index (χ2n) is 5.05. The van der Waals surface area contributed by atoms with E-state index < -0.39 is 17.7 Å². The number of rotatable bonds is 3. The van der Waals surface area contributed by atoms with Crippen LogP contribution in [0, 0.1) is 0 Å². The van der Waals surface area contributed by atoms with Crippen molar-refractivity contribution >= 4 is 6.09 Å². The molecule has 0 radical (unpaired) electrons. The number of hydrogen-bond donors (Lipinski definition) is 3. The van der Waals surface area contributed by atoms with Crippen molar-refractivity contribution in [2.75, 3.05) is 6.54 Å². The van der Waals surface area contributed by atoms with Gasteiger partial charge in [-0.2, -0.15) is 0 Å². The minimum Gasteiger partial charge on any atom is -0.508 e. The molecule has 0 saturated carbocycles. The molecule has 0 fully saturated rings. The molecule has 1 unspecified atom stereocenters. The van der Waals surface area contributed by atoms with Gasteiger partial charge in [0.1, 0.15) is 11.4 Å². The van der Waals surface area contributed by atoms with Gasteiger partial charge in [-0.3, -0.25) is 0 Å². The van der Waals surface area contributed by atoms with Crippen molar-refractivity contribution in [3.63, 3.8) is 0 Å². The Hall–Kier alpha value is -1.75. The first-order valence-corrected chi connectivity index (χ1v) is 5.80. The van der Waals surface area contributed by atoms with E-state index in [9.17, 15) is 9.90 Å². The molecule has 0 aliphatic heterocycles. The summed E-state index contributed by atoms with van der Waals surface area (Å²) in [7, 11) is 0. The lowest BCUT2D eigenvalue weighted by Gasteiger charge is -2.21. The summed E-state index contributed by atoms with van der Waals surface area (Å²) < 4.78 is 5.09. The standard InChI is InChI=1S/C13H20N2O3/c1-13(2,3)18-12(17)15-8-10(14)9-6-4-5-7-11(9)16/h4-7,10,16H,8,14H2,1-3H3,(H,15,17). The summed E-state index contributed by atoms with van der Waals surface area (Å²) in [5.74, 6) is 0.121. The maximum Gasteiger partial charge on any atom is 0.407 e. The Morgan fingerprint density at radius 3 is 2.61 bits per heavy atom. The Morgan fingerprint density at radius 1 is 1.44 bits per heavy atom. The molecular formula is C13H20N2O3. The summed E-state index contributed by atoms with van der Waals surface area (Å²) in [6.45, 7) is 5.56. The SMILES string of the molecule is CC(C)(C)OC(=O)NCC(N)c1ccccc1O. The average molecular weight is 252 g/mol. The summed E-state index contributed by atoms with van der Waals surface area (Å²) in [4.78, 5) is 11.4. The zero-order valence-corrected chi connectivity index (χ0v) is 10.9. The molecule has 0 aromatic heterocycles. The number of nitrogens with two attached hydrogens (primary N) is 1. The molecule has 5 nitrogen and oxygen atoms in total. The van der Waals surface area contributed by atoms with Gasteiger partial charge < -0.3 is 20.9 Å². The van der Waals surface area contributed by atoms with Crippen LogP contribution in [0.2, 0.25) is 0 Å². The molecule has 0 spiro atoms. The van der Waals surface area contributed by atoms with Crippen LogP contribution in [0.5, 0.6) is 5.75 Å². The van der Waals surface area contributed by atoms with Crippen molar-refractivity contribution < 1.29 is 14.6 Å². The lowest BCUT2D eigenvalue weighted by Crippen LogP contribution is -2.36. The maximum absolute atomic E-state index is 11.4. The molecule has 0 saturated heterocycles. The molecule has 100 valence electrons. The van der Waals surface area contributed by atoms with Gasteiger partial charge in [0.15, 0.2) is 0 Å². The normalized spacial score (nSPS) is 12.9. The Morgan fingerprint density at radius 2 is 2.06 bits per heavy atom. The third kappa shape index (κ3) is 4.63. The molecule has 1 aromatic carbocycles. The van der Waals surface area contributed by atoms with E-state index >= 15 is 0 Å². The van der Waals surface area contributed by atoms with Crippen LogP contribution in [0.15, 0.2) is 24.3 Å². The van der Waals surface area contributed by atoms with Gasteiger partial charge in [0.2, 0.25) is 0 Å². The van der Waals surface area contributed by atoms with E-state index in [0.29, 0.717) is 5.56 Å². The number of ether oxygens (including phenoxy) is 1. The van der Waals surface area contributed by atoms with Gasteiger partial charge in [-0.05, 0) is 26.8 Å². The fourth-order valence-electron chi connectivity index (χ4n) is 1.42. The van der Waals surface area contributed by atoms with Crippen molar-refractivity contribution in [2.24, 2.45) is 5.73 Å². The van der Waals surface area contributed by atoms with Crippen LogP contribution in [0.1, 0.15) is 32.4 Å². The van der Waals surface area contributed by atoms with Crippen LogP contribution >= 0.6 is 0 Å². The van der Waals surface area contributed by atoms with Crippen molar-refractivity contribution in [1.29, 1.82) is 0 Å². The molecule has 0 aliphatic carbocycles. The zero-order valence-electron chi connectivity index (χ0n) is 10.9. The molecule has 18 heavy (non-hydrogen) atoms. The highest BCUT2D eigenvalue weighted by Gasteiger charge is 2.17. The summed E-state index contributed by atoms with van der Waals surface area (Å²) in [5.41, 5.74) is 5.93. The lowest BCUT2D eigenvalue weighted by molar-refractivity contribution is 0.0524. The molecule has 1 aromatic rings. The molecule has 0 bridgehead atoms. The van der Waals surface area contributed by atoms with E-state index in [-0.39, 0.29) is 12.3 Å². The largest absolute Gasteiger partial charge is 0.508 e. The quantitative estimate of drug-likeness (QED) is 0.767. The van der Waals surface area contributed by atoms with Gasteiger partial charge in [-0.1, -0.05) is 18.2 Å². The Labute approximate surface area is 107 Å². The zero-order chi connectivity index (χ0) is 13.8. The number of phenols is 1. The molecule has 1 atom stereocenters. The molecule has 5 heteroatoms. The highest BCUT2D eigenvalue weighted by molar-refractivity contribution is 5.67. The Bertz CT molecular complexity index is 413. The van der Waals surface area contributed by atoms with Gasteiger partial charge in [0, 0.05) is 12.1 Å². The number of phenolic OH excluding ortho intramolecular Hbond substituents is 1. The number of nitrogens with one attached hydrogen (secondary N) is 1. The molecule has 1 amide bonds. The lowest BCUT2D eigenvalue weighted by atomic mass is 10.1. The number of alkyl carbamates (subject to hydrolysis) is 1. The minimum atomic E-state index is -0.539. The summed E-state index contributed by atoms with van der Waals surface area (Å²) in [5, 5.41) is 12.2. The van der Waals surface area contributed by atoms with Crippen molar-refractivity contribution in [3.05, 3.63) is 29.8 Å². The number of benzene rings is 1. The molecule has 1 rings (SSSR count). The first-order chi connectivity index (χ1) is 8.29. The number of aromatic hydroxyl groups is 1. The summed E-state index contributed by atoms with van der Waals surface area (Å²) in [6, 6.07) is 6.30. The summed E-state index contributed by atoms with van der Waals surface area (Å²) >= 11 is 0. The molecular weight excluding hydrogens is 232 g/mol. The number of carbonyl (C=O) groups is 1. The Kier molecular flexibility index (Phi) is 4.55. The predicted octanol–water partition coefficient (Wildman–Crippen LogP) is 1.92. The van der Waals surface area contributed by atoms with Crippen LogP contribution in [-0.4, -0.2) is 23.3 Å². The van der Waals surface area contributed by atoms with E-state index in [2.05, 4.69) is 5.32 Å². The Balaban J connectivity index is 2.49. The van der Waals surface area contributed by atoms with Gasteiger partial charge in [-0.15, -0.1) is 0 Å². The number of amides is 1. The van der Waals surface area contributed by atoms with Crippen molar-refractivity contribution in [3.8, 4) is 5.75 Å². The van der Waals surface area contributed by atoms with Crippen LogP contribution in [-0.2, 0) is 4.74 Å². The highest BCUT2D eigenvalue weighted by atomic mass is 16.6. The van der Waals surface area contributed by atoms with Crippen molar-refractivity contribution in [2.45, 2.75) is 32.4 Å². The first kappa shape index (κ1) is 14.3. The minimum absolute atomic E-state index is 0.121. The molecule has 4 N–H and O–H groups in total. The topological polar surface area (TPSA) is 84.6 Å². The van der Waals surface area contributed by atoms with Gasteiger partial charge in [0.25, 0.3) is 0 Å². The van der Waals surface area contributed by atoms with E-state index in [1.807, 2.05) is 0 Å². The van der Waals surface area contributed by atoms with E-state index in [1.165, 1.54) is 0 Å². The first-order valence-electron chi connectivity index (χ1n) is 5.80. The monoisotopic (exact) mass is 252 g/mol. The van der Waals surface area contributed by atoms with E-state index in [1.54, 1.807) is 45.0 Å². The van der Waals surface area contributed by atoms with E-state index in [0.717, 1.165) is 0 Å². The maximum atomic E-state index is 11.4. The predicted molar refractivity (Wildman–Crippen MR) is 69.3 cm³/mol. The van der Waals surface area contributed by atoms with Crippen LogP contribution in [0.3, 0.4) is 0 Å². The smallest absolute Gasteiger partial charge is 0.407 e. The second kappa shape index (κ2) is 5.73. The van der Waals surface area contributed by atoms with Crippen LogP contribution < -0.4 is 11.1 Å².